The summed E-state index contributed by atoms with van der Waals surface area (Å²) in [5, 5.41) is 5.15. The van der Waals surface area contributed by atoms with E-state index in [9.17, 15) is 4.79 Å². The van der Waals surface area contributed by atoms with Crippen LogP contribution in [0.2, 0.25) is 0 Å². The van der Waals surface area contributed by atoms with Gasteiger partial charge in [-0.3, -0.25) is 0 Å². The number of carbonyl (C=O) groups is 1. The van der Waals surface area contributed by atoms with Gasteiger partial charge in [-0.05, 0) is 19.1 Å². The second-order valence-electron chi connectivity index (χ2n) is 2.57. The Labute approximate surface area is 99.3 Å². The molecule has 92 valence electrons. The fourth-order valence-corrected chi connectivity index (χ4v) is 0.830. The minimum Gasteiger partial charge on any atom is -0.341 e. The maximum Gasteiger partial charge on any atom is 0.318 e. The number of rotatable bonds is 1. The van der Waals surface area contributed by atoms with Crippen molar-refractivity contribution in [2.45, 2.75) is 34.6 Å². The molecule has 0 saturated carbocycles. The summed E-state index contributed by atoms with van der Waals surface area (Å²) >= 11 is 0. The Kier molecular flexibility index (Phi) is 12.2. The van der Waals surface area contributed by atoms with Gasteiger partial charge >= 0.3 is 6.03 Å². The maximum atomic E-state index is 10.8. The van der Waals surface area contributed by atoms with Gasteiger partial charge in [0.2, 0.25) is 0 Å². The average Bonchev–Trinajstić information content (AvgIpc) is 2.37. The number of amides is 2. The van der Waals surface area contributed by atoms with Crippen LogP contribution in [0.15, 0.2) is 24.3 Å². The van der Waals surface area contributed by atoms with Crippen molar-refractivity contribution in [3.8, 4) is 0 Å². The monoisotopic (exact) mass is 224 g/mol. The van der Waals surface area contributed by atoms with Crippen LogP contribution >= 0.6 is 0 Å². The van der Waals surface area contributed by atoms with Crippen molar-refractivity contribution >= 4 is 11.7 Å². The molecule has 0 saturated heterocycles. The van der Waals surface area contributed by atoms with Gasteiger partial charge in [0, 0.05) is 12.7 Å². The Morgan fingerprint density at radius 1 is 1.00 bits per heavy atom. The van der Waals surface area contributed by atoms with Gasteiger partial charge in [-0.15, -0.1) is 0 Å². The van der Waals surface area contributed by atoms with E-state index in [1.54, 1.807) is 7.05 Å². The number of hydrogen-bond donors (Lipinski definition) is 2. The van der Waals surface area contributed by atoms with E-state index in [1.807, 2.05) is 58.9 Å². The quantitative estimate of drug-likeness (QED) is 0.748. The van der Waals surface area contributed by atoms with Crippen LogP contribution in [0.5, 0.6) is 0 Å². The van der Waals surface area contributed by atoms with E-state index in [-0.39, 0.29) is 6.03 Å². The Balaban J connectivity index is 0. The number of benzene rings is 1. The summed E-state index contributed by atoms with van der Waals surface area (Å²) in [7, 11) is 1.59. The van der Waals surface area contributed by atoms with Gasteiger partial charge in [0.25, 0.3) is 0 Å². The van der Waals surface area contributed by atoms with Crippen LogP contribution in [-0.2, 0) is 0 Å². The van der Waals surface area contributed by atoms with Crippen LogP contribution in [0.25, 0.3) is 0 Å². The Morgan fingerprint density at radius 2 is 1.44 bits per heavy atom. The highest BCUT2D eigenvalue weighted by molar-refractivity contribution is 5.88. The predicted octanol–water partition coefficient (Wildman–Crippen LogP) is 3.80. The molecule has 0 atom stereocenters. The molecule has 16 heavy (non-hydrogen) atoms. The zero-order valence-corrected chi connectivity index (χ0v) is 11.2. The van der Waals surface area contributed by atoms with E-state index < -0.39 is 0 Å². The predicted molar refractivity (Wildman–Crippen MR) is 72.0 cm³/mol. The van der Waals surface area contributed by atoms with Crippen LogP contribution in [0.1, 0.15) is 33.3 Å². The molecule has 0 fully saturated rings. The van der Waals surface area contributed by atoms with E-state index in [0.29, 0.717) is 0 Å². The van der Waals surface area contributed by atoms with E-state index in [1.165, 1.54) is 5.56 Å². The minimum absolute atomic E-state index is 0.196. The number of anilines is 1. The third kappa shape index (κ3) is 7.85. The number of carbonyl (C=O) groups excluding carboxylic acids is 1. The zero-order valence-electron chi connectivity index (χ0n) is 11.2. The number of aryl methyl sites for hydroxylation is 1. The lowest BCUT2D eigenvalue weighted by Crippen LogP contribution is -2.24. The fourth-order valence-electron chi connectivity index (χ4n) is 0.830. The molecule has 1 aromatic rings. The molecular formula is C13H24N2O. The van der Waals surface area contributed by atoms with Crippen molar-refractivity contribution in [2.24, 2.45) is 0 Å². The summed E-state index contributed by atoms with van der Waals surface area (Å²) in [6, 6.07) is 7.44. The molecule has 1 aromatic carbocycles. The molecule has 1 rings (SSSR count). The molecule has 0 aliphatic carbocycles. The van der Waals surface area contributed by atoms with E-state index in [4.69, 9.17) is 0 Å². The maximum absolute atomic E-state index is 10.8. The minimum atomic E-state index is -0.196. The molecule has 0 unspecified atom stereocenters. The molecule has 0 aliphatic rings. The Bertz CT molecular complexity index is 268. The smallest absolute Gasteiger partial charge is 0.318 e. The lowest BCUT2D eigenvalue weighted by molar-refractivity contribution is 0.254. The van der Waals surface area contributed by atoms with E-state index in [2.05, 4.69) is 10.6 Å². The molecule has 0 aromatic heterocycles. The first kappa shape index (κ1) is 16.9. The summed E-state index contributed by atoms with van der Waals surface area (Å²) in [5.41, 5.74) is 1.98. The van der Waals surface area contributed by atoms with Gasteiger partial charge in [0.15, 0.2) is 0 Å². The molecule has 2 amide bonds. The van der Waals surface area contributed by atoms with E-state index in [0.717, 1.165) is 5.69 Å². The first-order valence-electron chi connectivity index (χ1n) is 5.78. The van der Waals surface area contributed by atoms with Gasteiger partial charge in [-0.1, -0.05) is 45.4 Å². The van der Waals surface area contributed by atoms with Crippen LogP contribution < -0.4 is 10.6 Å². The number of nitrogens with one attached hydrogen (secondary N) is 2. The number of hydrogen-bond acceptors (Lipinski definition) is 1. The molecule has 2 N–H and O–H groups in total. The summed E-state index contributed by atoms with van der Waals surface area (Å²) < 4.78 is 0. The normalized spacial score (nSPS) is 7.62. The first-order valence-corrected chi connectivity index (χ1v) is 5.78. The summed E-state index contributed by atoms with van der Waals surface area (Å²) in [6.45, 7) is 10.0. The topological polar surface area (TPSA) is 41.1 Å². The lowest BCUT2D eigenvalue weighted by Gasteiger charge is -2.03. The summed E-state index contributed by atoms with van der Waals surface area (Å²) in [5.74, 6) is 0. The molecule has 3 nitrogen and oxygen atoms in total. The summed E-state index contributed by atoms with van der Waals surface area (Å²) in [6.07, 6.45) is 0. The van der Waals surface area contributed by atoms with Crippen LogP contribution in [0.3, 0.4) is 0 Å². The SMILES string of the molecule is CC.CC.CNC(=O)Nc1ccc(C)cc1. The van der Waals surface area contributed by atoms with Crippen LogP contribution in [-0.4, -0.2) is 13.1 Å². The summed E-state index contributed by atoms with van der Waals surface area (Å²) in [4.78, 5) is 10.8. The van der Waals surface area contributed by atoms with Gasteiger partial charge in [0.1, 0.15) is 0 Å². The second kappa shape index (κ2) is 11.6. The standard InChI is InChI=1S/C9H12N2O.2C2H6/c1-7-3-5-8(6-4-7)11-9(12)10-2;2*1-2/h3-6H,1-2H3,(H2,10,11,12);2*1-2H3. The zero-order chi connectivity index (χ0) is 13.0. The van der Waals surface area contributed by atoms with Crippen LogP contribution in [0, 0.1) is 6.92 Å². The van der Waals surface area contributed by atoms with Crippen molar-refractivity contribution in [2.75, 3.05) is 12.4 Å². The van der Waals surface area contributed by atoms with Crippen molar-refractivity contribution in [3.63, 3.8) is 0 Å². The molecule has 3 heteroatoms. The molecule has 0 bridgehead atoms. The highest BCUT2D eigenvalue weighted by Crippen LogP contribution is 2.07. The van der Waals surface area contributed by atoms with Crippen LogP contribution in [0.4, 0.5) is 10.5 Å². The molecular weight excluding hydrogens is 200 g/mol. The Morgan fingerprint density at radius 3 is 1.81 bits per heavy atom. The van der Waals surface area contributed by atoms with Gasteiger partial charge in [-0.2, -0.15) is 0 Å². The van der Waals surface area contributed by atoms with Gasteiger partial charge < -0.3 is 10.6 Å². The van der Waals surface area contributed by atoms with Gasteiger partial charge in [-0.25, -0.2) is 4.79 Å². The third-order valence-electron chi connectivity index (χ3n) is 1.54. The lowest BCUT2D eigenvalue weighted by atomic mass is 10.2. The van der Waals surface area contributed by atoms with Crippen molar-refractivity contribution in [1.29, 1.82) is 0 Å². The number of urea groups is 1. The molecule has 0 aliphatic heterocycles. The first-order chi connectivity index (χ1) is 7.72. The third-order valence-corrected chi connectivity index (χ3v) is 1.54. The van der Waals surface area contributed by atoms with E-state index >= 15 is 0 Å². The highest BCUT2D eigenvalue weighted by atomic mass is 16.2. The highest BCUT2D eigenvalue weighted by Gasteiger charge is 1.95. The molecule has 0 spiro atoms. The second-order valence-corrected chi connectivity index (χ2v) is 2.57. The van der Waals surface area contributed by atoms with Crippen molar-refractivity contribution in [3.05, 3.63) is 29.8 Å². The van der Waals surface area contributed by atoms with Crippen molar-refractivity contribution in [1.82, 2.24) is 5.32 Å². The van der Waals surface area contributed by atoms with Gasteiger partial charge in [0.05, 0.1) is 0 Å². The van der Waals surface area contributed by atoms with Crippen molar-refractivity contribution < 1.29 is 4.79 Å². The fraction of sp³-hybridized carbons (Fsp3) is 0.462. The average molecular weight is 224 g/mol. The molecule has 0 heterocycles. The Hall–Kier alpha value is -1.51. The largest absolute Gasteiger partial charge is 0.341 e. The molecule has 0 radical (unpaired) electrons.